The van der Waals surface area contributed by atoms with Crippen LogP contribution in [0, 0.1) is 17.5 Å². The Morgan fingerprint density at radius 1 is 1.24 bits per heavy atom. The lowest BCUT2D eigenvalue weighted by molar-refractivity contribution is -0.336. The highest BCUT2D eigenvalue weighted by molar-refractivity contribution is 5.62. The number of methoxy groups -OCH3 is 1. The van der Waals surface area contributed by atoms with Gasteiger partial charge in [-0.1, -0.05) is 13.8 Å². The van der Waals surface area contributed by atoms with Crippen LogP contribution in [-0.4, -0.2) is 55.3 Å². The molecule has 4 N–H and O–H groups in total. The Labute approximate surface area is 192 Å². The van der Waals surface area contributed by atoms with Crippen molar-refractivity contribution in [1.29, 1.82) is 0 Å². The van der Waals surface area contributed by atoms with E-state index in [9.17, 15) is 13.2 Å². The number of hydrazine groups is 1. The molecule has 0 bridgehead atoms. The molecule has 0 aromatic heterocycles. The summed E-state index contributed by atoms with van der Waals surface area (Å²) in [6, 6.07) is 1.35. The van der Waals surface area contributed by atoms with Crippen molar-refractivity contribution in [3.63, 3.8) is 0 Å². The van der Waals surface area contributed by atoms with Crippen molar-refractivity contribution in [1.82, 2.24) is 5.01 Å². The molecule has 0 spiro atoms. The number of carbonyl (C=O) groups is 1. The van der Waals surface area contributed by atoms with Gasteiger partial charge in [-0.05, 0) is 39.3 Å². The largest absolute Gasteiger partial charge is 0.471 e. The van der Waals surface area contributed by atoms with Gasteiger partial charge in [-0.15, -0.1) is 0 Å². The van der Waals surface area contributed by atoms with Crippen LogP contribution in [0.2, 0.25) is 0 Å². The van der Waals surface area contributed by atoms with E-state index in [1.54, 1.807) is 13.8 Å². The zero-order chi connectivity index (χ0) is 25.3. The monoisotopic (exact) mass is 477 g/mol. The average molecular weight is 478 g/mol. The quantitative estimate of drug-likeness (QED) is 0.295. The van der Waals surface area contributed by atoms with E-state index in [1.807, 2.05) is 20.8 Å². The highest BCUT2D eigenvalue weighted by Crippen LogP contribution is 2.34. The highest BCUT2D eigenvalue weighted by atomic mass is 19.2. The lowest BCUT2D eigenvalue weighted by Gasteiger charge is -2.49. The van der Waals surface area contributed by atoms with Crippen molar-refractivity contribution in [3.05, 3.63) is 41.3 Å². The Morgan fingerprint density at radius 2 is 1.79 bits per heavy atom. The molecule has 1 aromatic carbocycles. The predicted octanol–water partition coefficient (Wildman–Crippen LogP) is 3.05. The van der Waals surface area contributed by atoms with Crippen molar-refractivity contribution >= 4 is 12.2 Å². The summed E-state index contributed by atoms with van der Waals surface area (Å²) < 4.78 is 61.4. The van der Waals surface area contributed by atoms with Crippen molar-refractivity contribution in [2.75, 3.05) is 13.7 Å². The number of ether oxygens (including phenoxy) is 4. The minimum Gasteiger partial charge on any atom is -0.471 e. The van der Waals surface area contributed by atoms with Gasteiger partial charge in [0.1, 0.15) is 12.2 Å². The van der Waals surface area contributed by atoms with Gasteiger partial charge in [-0.25, -0.2) is 19.0 Å². The zero-order valence-corrected chi connectivity index (χ0v) is 19.8. The fourth-order valence-electron chi connectivity index (χ4n) is 3.43. The molecular formula is C22H34F3N3O5. The minimum atomic E-state index is -1.55. The first kappa shape index (κ1) is 28.7. The molecule has 2 aliphatic heterocycles. The summed E-state index contributed by atoms with van der Waals surface area (Å²) in [5.74, 6) is 1.21. The van der Waals surface area contributed by atoms with Gasteiger partial charge in [0.2, 0.25) is 0 Å². The molecule has 11 heteroatoms. The van der Waals surface area contributed by atoms with Gasteiger partial charge in [-0.2, -0.15) is 0 Å². The van der Waals surface area contributed by atoms with Crippen molar-refractivity contribution in [2.24, 2.45) is 11.6 Å². The smallest absolute Gasteiger partial charge is 0.292 e. The molecule has 33 heavy (non-hydrogen) atoms. The number of fused-ring (bicyclic) bond motifs is 1. The van der Waals surface area contributed by atoms with Crippen LogP contribution in [0.5, 0.6) is 0 Å². The Kier molecular flexibility index (Phi) is 11.1. The standard InChI is InChI=1S/C18H24F3N3O3.C2H4O2.C2H6/c1-9-4-14(17-15(26-9)8-25-18(2,3)27-17)24(23)7-13(22)10-5-11(19)16(21)12(20)6-10;1-4-2-3;1-2/h5-7,9,14-15,17H,4,8,22-23H2,1-3H3;2H,1H3;1-2H3/b13-7-;;. The molecule has 0 amide bonds. The Morgan fingerprint density at radius 3 is 2.30 bits per heavy atom. The molecule has 0 radical (unpaired) electrons. The lowest BCUT2D eigenvalue weighted by atomic mass is 9.94. The fraction of sp³-hybridized carbons (Fsp3) is 0.591. The second-order valence-corrected chi connectivity index (χ2v) is 7.70. The minimum absolute atomic E-state index is 0.00249. The van der Waals surface area contributed by atoms with Gasteiger partial charge in [0.05, 0.1) is 31.6 Å². The first-order valence-electron chi connectivity index (χ1n) is 10.6. The molecule has 2 fully saturated rings. The van der Waals surface area contributed by atoms with Crippen LogP contribution >= 0.6 is 0 Å². The highest BCUT2D eigenvalue weighted by Gasteiger charge is 2.46. The van der Waals surface area contributed by atoms with Crippen LogP contribution in [0.25, 0.3) is 5.70 Å². The molecule has 2 heterocycles. The molecule has 0 aliphatic carbocycles. The van der Waals surface area contributed by atoms with Gasteiger partial charge in [0, 0.05) is 11.8 Å². The van der Waals surface area contributed by atoms with Crippen LogP contribution in [-0.2, 0) is 23.7 Å². The van der Waals surface area contributed by atoms with E-state index in [0.29, 0.717) is 19.5 Å². The van der Waals surface area contributed by atoms with E-state index in [2.05, 4.69) is 4.74 Å². The summed E-state index contributed by atoms with van der Waals surface area (Å²) in [4.78, 5) is 8.95. The van der Waals surface area contributed by atoms with Crippen molar-refractivity contribution in [3.8, 4) is 0 Å². The third-order valence-electron chi connectivity index (χ3n) is 4.83. The third kappa shape index (κ3) is 7.88. The molecule has 188 valence electrons. The van der Waals surface area contributed by atoms with Gasteiger partial charge in [0.25, 0.3) is 6.47 Å². The normalized spacial score (nSPS) is 25.9. The van der Waals surface area contributed by atoms with E-state index in [-0.39, 0.29) is 35.6 Å². The van der Waals surface area contributed by atoms with E-state index >= 15 is 0 Å². The molecule has 4 unspecified atom stereocenters. The fourth-order valence-corrected chi connectivity index (χ4v) is 3.43. The first-order chi connectivity index (χ1) is 15.5. The van der Waals surface area contributed by atoms with E-state index < -0.39 is 23.2 Å². The third-order valence-corrected chi connectivity index (χ3v) is 4.83. The van der Waals surface area contributed by atoms with Gasteiger partial charge in [-0.3, -0.25) is 4.79 Å². The van der Waals surface area contributed by atoms with Gasteiger partial charge >= 0.3 is 0 Å². The maximum absolute atomic E-state index is 13.5. The number of carbonyl (C=O) groups excluding carboxylic acids is 1. The second kappa shape index (κ2) is 12.8. The molecule has 2 saturated heterocycles. The molecule has 3 rings (SSSR count). The molecule has 1 aromatic rings. The summed E-state index contributed by atoms with van der Waals surface area (Å²) in [6.45, 7) is 10.2. The number of hydrogen-bond donors (Lipinski definition) is 2. The van der Waals surface area contributed by atoms with Gasteiger partial charge in [0.15, 0.2) is 23.2 Å². The molecule has 8 nitrogen and oxygen atoms in total. The number of rotatable bonds is 4. The lowest BCUT2D eigenvalue weighted by Crippen LogP contribution is -2.63. The summed E-state index contributed by atoms with van der Waals surface area (Å²) >= 11 is 0. The summed E-state index contributed by atoms with van der Waals surface area (Å²) in [5.41, 5.74) is 5.92. The zero-order valence-electron chi connectivity index (χ0n) is 19.8. The molecule has 4 atom stereocenters. The Bertz CT molecular complexity index is 786. The van der Waals surface area contributed by atoms with Crippen LogP contribution in [0.1, 0.15) is 46.6 Å². The van der Waals surface area contributed by atoms with E-state index in [4.69, 9.17) is 30.6 Å². The van der Waals surface area contributed by atoms with Crippen LogP contribution in [0.3, 0.4) is 0 Å². The number of nitrogens with two attached hydrogens (primary N) is 2. The first-order valence-corrected chi connectivity index (χ1v) is 10.6. The average Bonchev–Trinajstić information content (AvgIpc) is 2.78. The summed E-state index contributed by atoms with van der Waals surface area (Å²) in [5, 5.41) is 1.35. The number of benzene rings is 1. The van der Waals surface area contributed by atoms with Crippen LogP contribution in [0.4, 0.5) is 13.2 Å². The van der Waals surface area contributed by atoms with Crippen molar-refractivity contribution in [2.45, 2.75) is 71.2 Å². The number of hydrogen-bond acceptors (Lipinski definition) is 8. The SMILES string of the molecule is CC.CC1CC(N(N)/C=C(\N)c2cc(F)c(F)c(F)c2)C2OC(C)(C)OCC2O1.COC=O. The van der Waals surface area contributed by atoms with Crippen LogP contribution < -0.4 is 11.6 Å². The molecule has 0 saturated carbocycles. The van der Waals surface area contributed by atoms with Gasteiger partial charge < -0.3 is 29.7 Å². The van der Waals surface area contributed by atoms with E-state index in [1.165, 1.54) is 18.3 Å². The predicted molar refractivity (Wildman–Crippen MR) is 117 cm³/mol. The van der Waals surface area contributed by atoms with Crippen LogP contribution in [0.15, 0.2) is 18.3 Å². The molecular weight excluding hydrogens is 443 g/mol. The number of nitrogens with zero attached hydrogens (tertiary/aromatic N) is 1. The topological polar surface area (TPSA) is 109 Å². The maximum Gasteiger partial charge on any atom is 0.292 e. The maximum atomic E-state index is 13.5. The van der Waals surface area contributed by atoms with Crippen molar-refractivity contribution < 1.29 is 36.9 Å². The number of halogens is 3. The second-order valence-electron chi connectivity index (χ2n) is 7.70. The summed E-state index contributed by atoms with van der Waals surface area (Å²) in [7, 11) is 1.31. The van der Waals surface area contributed by atoms with E-state index in [0.717, 1.165) is 12.1 Å². The Balaban J connectivity index is 0.000000820. The molecule has 2 aliphatic rings. The summed E-state index contributed by atoms with van der Waals surface area (Å²) in [6.07, 6.45) is 1.15. The Hall–Kier alpha value is -2.34.